The zero-order valence-corrected chi connectivity index (χ0v) is 23.4. The zero-order valence-electron chi connectivity index (χ0n) is 19.9. The van der Waals surface area contributed by atoms with E-state index in [0.717, 1.165) is 0 Å². The van der Waals surface area contributed by atoms with Crippen LogP contribution in [0, 0.1) is 37.1 Å². The fourth-order valence-corrected chi connectivity index (χ4v) is 3.62. The van der Waals surface area contributed by atoms with Gasteiger partial charge in [0.2, 0.25) is 0 Å². The normalized spacial score (nSPS) is 10.2. The van der Waals surface area contributed by atoms with E-state index in [1.807, 2.05) is 30.3 Å². The van der Waals surface area contributed by atoms with Crippen molar-refractivity contribution in [1.29, 1.82) is 0 Å². The molecule has 0 N–H and O–H groups in total. The fourth-order valence-electron chi connectivity index (χ4n) is 3.62. The molecule has 4 rings (SSSR count). The monoisotopic (exact) mass is 559 g/mol. The van der Waals surface area contributed by atoms with Gasteiger partial charge in [0.1, 0.15) is 0 Å². The van der Waals surface area contributed by atoms with E-state index in [4.69, 9.17) is 0 Å². The molecule has 1 heteroatoms. The van der Waals surface area contributed by atoms with Crippen LogP contribution >= 0.6 is 0 Å². The SMILES string of the molecule is CCCCCC[c-]1ccc2cc3c(cc21)CCC3.[CH3-].[CH3-].[CH3-].[CH3-].[CH3-].[Hf].c1cc[cH-]c1. The van der Waals surface area contributed by atoms with Crippen LogP contribution in [0.4, 0.5) is 0 Å². The van der Waals surface area contributed by atoms with Crippen LogP contribution in [0.5, 0.6) is 0 Å². The summed E-state index contributed by atoms with van der Waals surface area (Å²) in [6.07, 6.45) is 10.7. The number of benzene rings is 1. The Balaban J connectivity index is -0.000000253. The van der Waals surface area contributed by atoms with Crippen molar-refractivity contribution in [2.75, 3.05) is 0 Å². The van der Waals surface area contributed by atoms with Crippen LogP contribution in [-0.2, 0) is 45.1 Å². The molecule has 0 nitrogen and oxygen atoms in total. The van der Waals surface area contributed by atoms with Gasteiger partial charge in [-0.15, -0.1) is 34.5 Å². The first-order chi connectivity index (χ1) is 11.4. The number of rotatable bonds is 5. The van der Waals surface area contributed by atoms with Gasteiger partial charge in [0.25, 0.3) is 0 Å². The molecule has 0 unspecified atom stereocenters. The van der Waals surface area contributed by atoms with Gasteiger partial charge in [-0.2, -0.15) is 24.3 Å². The standard InChI is InChI=1S/C18H23.C5H5.5CH3.Hf/c1-2-3-4-5-7-14-10-11-17-12-15-8-6-9-16(15)13-18(14)17;1-2-4-5-3-1;;;;;;/h10-13H,2-9H2,1H3;1-5H;5*1H3;/q7*-1;. The van der Waals surface area contributed by atoms with E-state index in [0.29, 0.717) is 0 Å². The Morgan fingerprint density at radius 3 is 2.03 bits per heavy atom. The number of hydrogen-bond acceptors (Lipinski definition) is 0. The first kappa shape index (κ1) is 35.5. The first-order valence-corrected chi connectivity index (χ1v) is 9.25. The maximum atomic E-state index is 2.48. The maximum Gasteiger partial charge on any atom is 0 e. The average Bonchev–Trinajstić information content (AvgIpc) is 3.31. The predicted octanol–water partition coefficient (Wildman–Crippen LogP) is 8.82. The van der Waals surface area contributed by atoms with Gasteiger partial charge in [-0.25, -0.2) is 12.1 Å². The number of unbranched alkanes of at least 4 members (excludes halogenated alkanes) is 3. The second-order valence-corrected chi connectivity index (χ2v) is 6.69. The van der Waals surface area contributed by atoms with E-state index in [-0.39, 0.29) is 63.0 Å². The largest absolute Gasteiger partial charge is 0.358 e. The van der Waals surface area contributed by atoms with E-state index < -0.39 is 0 Å². The zero-order chi connectivity index (χ0) is 15.9. The second kappa shape index (κ2) is 19.0. The van der Waals surface area contributed by atoms with Crippen molar-refractivity contribution in [2.45, 2.75) is 58.3 Å². The van der Waals surface area contributed by atoms with Crippen LogP contribution < -0.4 is 0 Å². The summed E-state index contributed by atoms with van der Waals surface area (Å²) in [6, 6.07) is 19.6. The molecule has 0 aliphatic heterocycles. The van der Waals surface area contributed by atoms with Gasteiger partial charge in [0.15, 0.2) is 0 Å². The molecule has 0 saturated carbocycles. The number of hydrogen-bond donors (Lipinski definition) is 0. The molecule has 0 amide bonds. The summed E-state index contributed by atoms with van der Waals surface area (Å²) in [7, 11) is 0. The van der Waals surface area contributed by atoms with Crippen molar-refractivity contribution in [2.24, 2.45) is 0 Å². The molecular weight excluding hydrogens is 515 g/mol. The Hall–Kier alpha value is -0.950. The van der Waals surface area contributed by atoms with Crippen LogP contribution in [-0.4, -0.2) is 0 Å². The maximum absolute atomic E-state index is 2.48. The van der Waals surface area contributed by atoms with Crippen LogP contribution in [0.15, 0.2) is 54.6 Å². The third-order valence-corrected chi connectivity index (χ3v) is 4.93. The molecule has 0 saturated heterocycles. The van der Waals surface area contributed by atoms with E-state index >= 15 is 0 Å². The van der Waals surface area contributed by atoms with E-state index in [1.54, 1.807) is 16.7 Å². The molecule has 0 heterocycles. The fraction of sp³-hybridized carbons (Fsp3) is 0.321. The van der Waals surface area contributed by atoms with Gasteiger partial charge in [-0.3, -0.25) is 0 Å². The Labute approximate surface area is 202 Å². The Morgan fingerprint density at radius 1 is 0.862 bits per heavy atom. The molecule has 0 radical (unpaired) electrons. The van der Waals surface area contributed by atoms with Gasteiger partial charge < -0.3 is 37.1 Å². The molecule has 166 valence electrons. The van der Waals surface area contributed by atoms with E-state index in [9.17, 15) is 0 Å². The quantitative estimate of drug-likeness (QED) is 0.167. The minimum absolute atomic E-state index is 0. The van der Waals surface area contributed by atoms with E-state index in [1.165, 1.54) is 62.1 Å². The molecule has 0 bridgehead atoms. The Morgan fingerprint density at radius 2 is 1.48 bits per heavy atom. The second-order valence-electron chi connectivity index (χ2n) is 6.69. The van der Waals surface area contributed by atoms with Crippen LogP contribution in [0.25, 0.3) is 10.8 Å². The molecule has 0 aromatic heterocycles. The van der Waals surface area contributed by atoms with Crippen LogP contribution in [0.2, 0.25) is 0 Å². The smallest absolute Gasteiger partial charge is 0 e. The Kier molecular flexibility index (Phi) is 23.3. The molecular formula is C28H43Hf-7. The molecule has 1 aliphatic rings. The summed E-state index contributed by atoms with van der Waals surface area (Å²) < 4.78 is 0. The van der Waals surface area contributed by atoms with Crippen molar-refractivity contribution in [3.63, 3.8) is 0 Å². The minimum Gasteiger partial charge on any atom is -0.358 e. The van der Waals surface area contributed by atoms with Crippen molar-refractivity contribution in [1.82, 2.24) is 0 Å². The van der Waals surface area contributed by atoms with Crippen molar-refractivity contribution in [3.8, 4) is 0 Å². The summed E-state index contributed by atoms with van der Waals surface area (Å²) in [6.45, 7) is 2.28. The minimum atomic E-state index is 0. The molecule has 0 fully saturated rings. The predicted molar refractivity (Wildman–Crippen MR) is 134 cm³/mol. The van der Waals surface area contributed by atoms with Gasteiger partial charge >= 0.3 is 0 Å². The molecule has 29 heavy (non-hydrogen) atoms. The van der Waals surface area contributed by atoms with Crippen molar-refractivity contribution < 1.29 is 25.8 Å². The summed E-state index contributed by atoms with van der Waals surface area (Å²) in [5.74, 6) is 0. The molecule has 1 aliphatic carbocycles. The van der Waals surface area contributed by atoms with Crippen LogP contribution in [0.1, 0.15) is 55.7 Å². The van der Waals surface area contributed by atoms with Gasteiger partial charge in [0.05, 0.1) is 0 Å². The third-order valence-electron chi connectivity index (χ3n) is 4.93. The molecule has 3 aromatic carbocycles. The van der Waals surface area contributed by atoms with Gasteiger partial charge in [-0.05, 0) is 19.3 Å². The molecule has 3 aromatic rings. The van der Waals surface area contributed by atoms with Crippen molar-refractivity contribution >= 4 is 10.8 Å². The average molecular weight is 558 g/mol. The van der Waals surface area contributed by atoms with Crippen molar-refractivity contribution in [3.05, 3.63) is 108 Å². The first-order valence-electron chi connectivity index (χ1n) is 9.25. The number of fused-ring (bicyclic) bond motifs is 2. The van der Waals surface area contributed by atoms with Gasteiger partial charge in [0, 0.05) is 25.8 Å². The number of aryl methyl sites for hydroxylation is 3. The summed E-state index contributed by atoms with van der Waals surface area (Å²) in [4.78, 5) is 0. The van der Waals surface area contributed by atoms with Gasteiger partial charge in [-0.1, -0.05) is 50.2 Å². The topological polar surface area (TPSA) is 0 Å². The molecule has 0 atom stereocenters. The summed E-state index contributed by atoms with van der Waals surface area (Å²) in [5, 5.41) is 3.01. The molecule has 0 spiro atoms. The van der Waals surface area contributed by atoms with Crippen LogP contribution in [0.3, 0.4) is 0 Å². The summed E-state index contributed by atoms with van der Waals surface area (Å²) in [5.41, 5.74) is 4.80. The van der Waals surface area contributed by atoms with E-state index in [2.05, 4.69) is 31.2 Å². The third kappa shape index (κ3) is 10.1. The summed E-state index contributed by atoms with van der Waals surface area (Å²) >= 11 is 0. The Bertz CT molecular complexity index is 686.